The number of sulfonamides is 1. The Morgan fingerprint density at radius 1 is 1.13 bits per heavy atom. The fourth-order valence-corrected chi connectivity index (χ4v) is 3.71. The molecule has 0 radical (unpaired) electrons. The van der Waals surface area contributed by atoms with Crippen molar-refractivity contribution >= 4 is 48.5 Å². The molecule has 0 heterocycles. The van der Waals surface area contributed by atoms with Crippen LogP contribution in [0.5, 0.6) is 0 Å². The normalized spacial score (nSPS) is 11.3. The lowest BCUT2D eigenvalue weighted by molar-refractivity contribution is -0.110. The van der Waals surface area contributed by atoms with Crippen LogP contribution in [0, 0.1) is 11.6 Å². The van der Waals surface area contributed by atoms with Crippen molar-refractivity contribution in [2.75, 3.05) is 10.8 Å². The molecule has 0 aliphatic heterocycles. The van der Waals surface area contributed by atoms with Crippen molar-refractivity contribution in [3.05, 3.63) is 58.6 Å². The van der Waals surface area contributed by atoms with Crippen LogP contribution in [0.4, 0.5) is 14.5 Å². The number of halogens is 4. The van der Waals surface area contributed by atoms with Gasteiger partial charge in [-0.2, -0.15) is 0 Å². The molecule has 122 valence electrons. The molecule has 0 spiro atoms. The summed E-state index contributed by atoms with van der Waals surface area (Å²) in [6.45, 7) is -0.789. The van der Waals surface area contributed by atoms with E-state index in [1.807, 2.05) is 0 Å². The zero-order chi connectivity index (χ0) is 17.2. The molecule has 0 bridgehead atoms. The van der Waals surface area contributed by atoms with E-state index >= 15 is 0 Å². The lowest BCUT2D eigenvalue weighted by atomic mass is 10.3. The van der Waals surface area contributed by atoms with Gasteiger partial charge in [-0.05, 0) is 48.0 Å². The summed E-state index contributed by atoms with van der Waals surface area (Å²) in [6.07, 6.45) is 0. The highest BCUT2D eigenvalue weighted by molar-refractivity contribution is 9.10. The number of carbonyl (C=O) groups excluding carboxylic acids is 1. The second-order valence-electron chi connectivity index (χ2n) is 4.42. The van der Waals surface area contributed by atoms with Crippen LogP contribution in [-0.2, 0) is 14.8 Å². The summed E-state index contributed by atoms with van der Waals surface area (Å²) >= 11 is 8.44. The molecule has 4 nitrogen and oxygen atoms in total. The summed E-state index contributed by atoms with van der Waals surface area (Å²) in [4.78, 5) is 11.0. The van der Waals surface area contributed by atoms with E-state index in [2.05, 4.69) is 15.9 Å². The zero-order valence-electron chi connectivity index (χ0n) is 11.3. The topological polar surface area (TPSA) is 54.5 Å². The van der Waals surface area contributed by atoms with Crippen LogP contribution in [0.15, 0.2) is 51.8 Å². The summed E-state index contributed by atoms with van der Waals surface area (Å²) in [5.41, 5.74) is -0.469. The molecule has 2 aromatic carbocycles. The van der Waals surface area contributed by atoms with Crippen LogP contribution in [0.25, 0.3) is 0 Å². The first-order valence-electron chi connectivity index (χ1n) is 6.13. The monoisotopic (exact) mass is 423 g/mol. The van der Waals surface area contributed by atoms with Crippen molar-refractivity contribution < 1.29 is 22.0 Å². The van der Waals surface area contributed by atoms with Crippen LogP contribution in [-0.4, -0.2) is 20.2 Å². The molecule has 0 fully saturated rings. The fraction of sp³-hybridized carbons (Fsp3) is 0.0714. The van der Waals surface area contributed by atoms with Gasteiger partial charge in [0, 0.05) is 10.5 Å². The molecule has 0 aliphatic carbocycles. The predicted octanol–water partition coefficient (Wildman–Crippen LogP) is 3.69. The first-order valence-corrected chi connectivity index (χ1v) is 8.74. The van der Waals surface area contributed by atoms with Crippen LogP contribution in [0.3, 0.4) is 0 Å². The van der Waals surface area contributed by atoms with Gasteiger partial charge in [0.05, 0.1) is 10.6 Å². The lowest BCUT2D eigenvalue weighted by Crippen LogP contribution is -2.35. The van der Waals surface area contributed by atoms with Gasteiger partial charge in [0.25, 0.3) is 10.0 Å². The Hall–Kier alpha value is -1.51. The van der Waals surface area contributed by atoms with Crippen molar-refractivity contribution in [2.24, 2.45) is 0 Å². The van der Waals surface area contributed by atoms with Gasteiger partial charge in [-0.25, -0.2) is 17.2 Å². The minimum absolute atomic E-state index is 0.164. The van der Waals surface area contributed by atoms with Gasteiger partial charge in [0.2, 0.25) is 5.24 Å². The van der Waals surface area contributed by atoms with Gasteiger partial charge in [-0.15, -0.1) is 0 Å². The summed E-state index contributed by atoms with van der Waals surface area (Å²) in [6, 6.07) is 7.88. The van der Waals surface area contributed by atoms with Crippen molar-refractivity contribution in [3.63, 3.8) is 0 Å². The fourth-order valence-electron chi connectivity index (χ4n) is 1.83. The largest absolute Gasteiger partial charge is 0.279 e. The molecule has 0 aliphatic rings. The van der Waals surface area contributed by atoms with E-state index in [1.54, 1.807) is 0 Å². The van der Waals surface area contributed by atoms with Gasteiger partial charge in [-0.3, -0.25) is 9.10 Å². The molecule has 0 unspecified atom stereocenters. The maximum atomic E-state index is 14.0. The lowest BCUT2D eigenvalue weighted by Gasteiger charge is -2.23. The van der Waals surface area contributed by atoms with Crippen molar-refractivity contribution in [1.29, 1.82) is 0 Å². The summed E-state index contributed by atoms with van der Waals surface area (Å²) < 4.78 is 53.4. The standard InChI is InChI=1S/C14H9BrClF2NO3S/c15-9-1-4-11(5-2-9)23(21,22)19(8-14(16)20)13-6-3-10(17)7-12(13)18/h1-7H,8H2. The van der Waals surface area contributed by atoms with Gasteiger partial charge in [-0.1, -0.05) is 15.9 Å². The van der Waals surface area contributed by atoms with E-state index in [1.165, 1.54) is 24.3 Å². The molecule has 23 heavy (non-hydrogen) atoms. The quantitative estimate of drug-likeness (QED) is 0.688. The average Bonchev–Trinajstić information content (AvgIpc) is 2.45. The highest BCUT2D eigenvalue weighted by Gasteiger charge is 2.28. The Morgan fingerprint density at radius 2 is 1.74 bits per heavy atom. The maximum Gasteiger partial charge on any atom is 0.264 e. The average molecular weight is 425 g/mol. The molecule has 0 N–H and O–H groups in total. The van der Waals surface area contributed by atoms with E-state index in [9.17, 15) is 22.0 Å². The number of nitrogens with zero attached hydrogens (tertiary/aromatic N) is 1. The van der Waals surface area contributed by atoms with E-state index in [-0.39, 0.29) is 4.90 Å². The highest BCUT2D eigenvalue weighted by Crippen LogP contribution is 2.27. The summed E-state index contributed by atoms with van der Waals surface area (Å²) in [5.74, 6) is -1.99. The molecular formula is C14H9BrClF2NO3S. The molecule has 2 rings (SSSR count). The van der Waals surface area contributed by atoms with Crippen LogP contribution in [0.1, 0.15) is 0 Å². The third kappa shape index (κ3) is 4.07. The molecule has 0 amide bonds. The number of hydrogen-bond donors (Lipinski definition) is 0. The van der Waals surface area contributed by atoms with E-state index in [0.29, 0.717) is 14.8 Å². The van der Waals surface area contributed by atoms with Gasteiger partial charge in [0.15, 0.2) is 0 Å². The summed E-state index contributed by atoms with van der Waals surface area (Å²) in [5, 5.41) is -1.01. The van der Waals surface area contributed by atoms with Crippen LogP contribution < -0.4 is 4.31 Å². The van der Waals surface area contributed by atoms with Crippen LogP contribution in [0.2, 0.25) is 0 Å². The van der Waals surface area contributed by atoms with E-state index < -0.39 is 39.1 Å². The number of rotatable bonds is 5. The summed E-state index contributed by atoms with van der Waals surface area (Å²) in [7, 11) is -4.26. The van der Waals surface area contributed by atoms with E-state index in [4.69, 9.17) is 11.6 Å². The molecule has 0 saturated heterocycles. The van der Waals surface area contributed by atoms with Crippen LogP contribution >= 0.6 is 27.5 Å². The van der Waals surface area contributed by atoms with Crippen molar-refractivity contribution in [2.45, 2.75) is 4.90 Å². The van der Waals surface area contributed by atoms with Gasteiger partial charge >= 0.3 is 0 Å². The van der Waals surface area contributed by atoms with Gasteiger partial charge in [0.1, 0.15) is 18.2 Å². The van der Waals surface area contributed by atoms with Crippen molar-refractivity contribution in [1.82, 2.24) is 0 Å². The first kappa shape index (κ1) is 17.8. The second-order valence-corrected chi connectivity index (χ2v) is 7.62. The molecule has 0 saturated carbocycles. The van der Waals surface area contributed by atoms with E-state index in [0.717, 1.165) is 12.1 Å². The minimum atomic E-state index is -4.26. The Kier molecular flexibility index (Phi) is 5.38. The second kappa shape index (κ2) is 6.94. The third-order valence-corrected chi connectivity index (χ3v) is 5.27. The molecule has 9 heteroatoms. The molecule has 0 atom stereocenters. The Morgan fingerprint density at radius 3 is 2.26 bits per heavy atom. The predicted molar refractivity (Wildman–Crippen MR) is 85.9 cm³/mol. The zero-order valence-corrected chi connectivity index (χ0v) is 14.5. The number of benzene rings is 2. The molecule has 0 aromatic heterocycles. The van der Waals surface area contributed by atoms with Crippen molar-refractivity contribution in [3.8, 4) is 0 Å². The molecular weight excluding hydrogens is 416 g/mol. The Bertz CT molecular complexity index is 844. The molecule has 2 aromatic rings. The maximum absolute atomic E-state index is 14.0. The first-order chi connectivity index (χ1) is 10.7. The SMILES string of the molecule is O=C(Cl)CN(c1ccc(F)cc1F)S(=O)(=O)c1ccc(Br)cc1. The highest BCUT2D eigenvalue weighted by atomic mass is 79.9. The Labute approximate surface area is 144 Å². The number of carbonyl (C=O) groups is 1. The minimum Gasteiger partial charge on any atom is -0.279 e. The number of hydrogen-bond acceptors (Lipinski definition) is 3. The van der Waals surface area contributed by atoms with Gasteiger partial charge < -0.3 is 0 Å². The Balaban J connectivity index is 2.57. The smallest absolute Gasteiger partial charge is 0.264 e. The third-order valence-electron chi connectivity index (χ3n) is 2.85. The number of anilines is 1.